The molecule has 4 nitrogen and oxygen atoms in total. The van der Waals surface area contributed by atoms with E-state index in [0.29, 0.717) is 28.8 Å². The van der Waals surface area contributed by atoms with E-state index in [1.165, 1.54) is 16.7 Å². The predicted molar refractivity (Wildman–Crippen MR) is 133 cm³/mol. The summed E-state index contributed by atoms with van der Waals surface area (Å²) in [6.07, 6.45) is 0. The molecule has 33 heavy (non-hydrogen) atoms. The Balaban J connectivity index is 1.62. The molecule has 0 saturated heterocycles. The number of benzene rings is 3. The van der Waals surface area contributed by atoms with Crippen LogP contribution in [-0.4, -0.2) is 23.3 Å². The van der Waals surface area contributed by atoms with Crippen molar-refractivity contribution in [3.8, 4) is 5.75 Å². The lowest BCUT2D eigenvalue weighted by molar-refractivity contribution is -0.137. The lowest BCUT2D eigenvalue weighted by atomic mass is 10.1. The van der Waals surface area contributed by atoms with E-state index in [1.54, 1.807) is 0 Å². The molecule has 3 aromatic rings. The number of hydrogen-bond donors (Lipinski definition) is 0. The van der Waals surface area contributed by atoms with Gasteiger partial charge >= 0.3 is 0 Å². The van der Waals surface area contributed by atoms with Crippen molar-refractivity contribution in [2.45, 2.75) is 26.1 Å². The van der Waals surface area contributed by atoms with Gasteiger partial charge in [-0.2, -0.15) is 0 Å². The summed E-state index contributed by atoms with van der Waals surface area (Å²) in [5.74, 6) is 1.31. The van der Waals surface area contributed by atoms with Crippen molar-refractivity contribution in [3.63, 3.8) is 0 Å². The summed E-state index contributed by atoms with van der Waals surface area (Å²) in [5.41, 5.74) is 3.22. The minimum atomic E-state index is -0.254. The predicted octanol–water partition coefficient (Wildman–Crippen LogP) is 5.93. The number of thioether (sulfide) groups is 1. The molecule has 0 atom stereocenters. The van der Waals surface area contributed by atoms with Crippen molar-refractivity contribution in [2.75, 3.05) is 6.61 Å². The van der Waals surface area contributed by atoms with Gasteiger partial charge < -0.3 is 4.74 Å². The van der Waals surface area contributed by atoms with Gasteiger partial charge in [0, 0.05) is 5.75 Å². The third kappa shape index (κ3) is 5.55. The highest BCUT2D eigenvalue weighted by Gasteiger charge is 2.39. The average molecular weight is 458 g/mol. The lowest BCUT2D eigenvalue weighted by Crippen LogP contribution is -2.30. The molecule has 0 unspecified atom stereocenters. The number of imide groups is 1. The van der Waals surface area contributed by atoms with Gasteiger partial charge in [-0.05, 0) is 34.7 Å². The molecular weight excluding hydrogens is 430 g/mol. The quantitative estimate of drug-likeness (QED) is 0.373. The number of rotatable bonds is 9. The highest BCUT2D eigenvalue weighted by molar-refractivity contribution is 8.03. The van der Waals surface area contributed by atoms with E-state index >= 15 is 0 Å². The third-order valence-corrected chi connectivity index (χ3v) is 6.41. The average Bonchev–Trinajstić information content (AvgIpc) is 3.07. The lowest BCUT2D eigenvalue weighted by Gasteiger charge is -2.15. The number of carbonyl (C=O) groups is 2. The molecule has 4 rings (SSSR count). The molecule has 0 saturated carbocycles. The first-order valence-electron chi connectivity index (χ1n) is 11.1. The van der Waals surface area contributed by atoms with E-state index in [1.807, 2.05) is 84.9 Å². The topological polar surface area (TPSA) is 46.6 Å². The van der Waals surface area contributed by atoms with Crippen LogP contribution in [0.25, 0.3) is 5.57 Å². The van der Waals surface area contributed by atoms with E-state index in [-0.39, 0.29) is 18.4 Å². The smallest absolute Gasteiger partial charge is 0.268 e. The Morgan fingerprint density at radius 1 is 0.788 bits per heavy atom. The first-order chi connectivity index (χ1) is 16.0. The maximum atomic E-state index is 13.4. The molecule has 168 valence electrons. The van der Waals surface area contributed by atoms with Gasteiger partial charge in [0.15, 0.2) is 0 Å². The van der Waals surface area contributed by atoms with Crippen LogP contribution in [0.4, 0.5) is 0 Å². The summed E-state index contributed by atoms with van der Waals surface area (Å²) in [6.45, 7) is 5.08. The second-order valence-electron chi connectivity index (χ2n) is 8.39. The van der Waals surface area contributed by atoms with Crippen LogP contribution >= 0.6 is 11.8 Å². The van der Waals surface area contributed by atoms with Crippen LogP contribution in [0, 0.1) is 5.92 Å². The van der Waals surface area contributed by atoms with Gasteiger partial charge in [0.25, 0.3) is 11.8 Å². The fraction of sp³-hybridized carbons (Fsp3) is 0.214. The molecule has 0 fully saturated rings. The molecule has 0 spiro atoms. The number of carbonyl (C=O) groups excluding carboxylic acids is 2. The standard InChI is InChI=1S/C28H27NO3S/c1-20(2)18-32-24-15-13-23(14-16-24)25-26(33-19-22-11-7-4-8-12-22)28(31)29(27(25)30)17-21-9-5-3-6-10-21/h3-16,20H,17-19H2,1-2H3. The van der Waals surface area contributed by atoms with Crippen LogP contribution in [0.5, 0.6) is 5.75 Å². The number of nitrogens with zero attached hydrogens (tertiary/aromatic N) is 1. The fourth-order valence-corrected chi connectivity index (χ4v) is 4.65. The van der Waals surface area contributed by atoms with E-state index in [9.17, 15) is 9.59 Å². The molecule has 0 aliphatic carbocycles. The Hall–Kier alpha value is -3.31. The largest absolute Gasteiger partial charge is 0.493 e. The Morgan fingerprint density at radius 2 is 1.39 bits per heavy atom. The van der Waals surface area contributed by atoms with Crippen molar-refractivity contribution >= 4 is 29.1 Å². The van der Waals surface area contributed by atoms with Crippen molar-refractivity contribution in [2.24, 2.45) is 5.92 Å². The van der Waals surface area contributed by atoms with Gasteiger partial charge in [-0.3, -0.25) is 14.5 Å². The number of hydrogen-bond acceptors (Lipinski definition) is 4. The maximum absolute atomic E-state index is 13.4. The van der Waals surface area contributed by atoms with Crippen molar-refractivity contribution in [1.29, 1.82) is 0 Å². The normalized spacial score (nSPS) is 13.8. The van der Waals surface area contributed by atoms with Crippen LogP contribution in [0.1, 0.15) is 30.5 Å². The first kappa shape index (κ1) is 22.9. The molecular formula is C28H27NO3S. The molecule has 0 N–H and O–H groups in total. The van der Waals surface area contributed by atoms with E-state index in [2.05, 4.69) is 13.8 Å². The molecule has 5 heteroatoms. The van der Waals surface area contributed by atoms with E-state index in [4.69, 9.17) is 4.74 Å². The van der Waals surface area contributed by atoms with Crippen molar-refractivity contribution in [3.05, 3.63) is 107 Å². The van der Waals surface area contributed by atoms with Gasteiger partial charge in [0.2, 0.25) is 0 Å². The highest BCUT2D eigenvalue weighted by atomic mass is 32.2. The fourth-order valence-electron chi connectivity index (χ4n) is 3.56. The molecule has 0 radical (unpaired) electrons. The number of amides is 2. The molecule has 1 aliphatic rings. The summed E-state index contributed by atoms with van der Waals surface area (Å²) in [7, 11) is 0. The van der Waals surface area contributed by atoms with Crippen molar-refractivity contribution in [1.82, 2.24) is 4.90 Å². The molecule has 0 aromatic heterocycles. The van der Waals surface area contributed by atoms with Gasteiger partial charge in [-0.1, -0.05) is 86.6 Å². The van der Waals surface area contributed by atoms with E-state index < -0.39 is 0 Å². The Bertz CT molecular complexity index is 1140. The van der Waals surface area contributed by atoms with Gasteiger partial charge in [-0.15, -0.1) is 11.8 Å². The van der Waals surface area contributed by atoms with Crippen LogP contribution in [0.2, 0.25) is 0 Å². The Morgan fingerprint density at radius 3 is 2.00 bits per heavy atom. The summed E-state index contributed by atoms with van der Waals surface area (Å²) in [5, 5.41) is 0. The summed E-state index contributed by atoms with van der Waals surface area (Å²) in [6, 6.07) is 27.0. The van der Waals surface area contributed by atoms with Gasteiger partial charge in [-0.25, -0.2) is 0 Å². The zero-order valence-corrected chi connectivity index (χ0v) is 19.7. The van der Waals surface area contributed by atoms with Crippen LogP contribution in [0.3, 0.4) is 0 Å². The SMILES string of the molecule is CC(C)COc1ccc(C2=C(SCc3ccccc3)C(=O)N(Cc3ccccc3)C2=O)cc1. The zero-order chi connectivity index (χ0) is 23.2. The van der Waals surface area contributed by atoms with Crippen LogP contribution < -0.4 is 4.74 Å². The van der Waals surface area contributed by atoms with Gasteiger partial charge in [0.05, 0.1) is 23.6 Å². The minimum absolute atomic E-state index is 0.236. The summed E-state index contributed by atoms with van der Waals surface area (Å²) in [4.78, 5) is 28.7. The monoisotopic (exact) mass is 457 g/mol. The molecule has 2 amide bonds. The molecule has 1 heterocycles. The summed E-state index contributed by atoms with van der Waals surface area (Å²) < 4.78 is 5.78. The molecule has 3 aromatic carbocycles. The number of ether oxygens (including phenoxy) is 1. The van der Waals surface area contributed by atoms with Gasteiger partial charge in [0.1, 0.15) is 5.75 Å². The maximum Gasteiger partial charge on any atom is 0.268 e. The molecule has 1 aliphatic heterocycles. The highest BCUT2D eigenvalue weighted by Crippen LogP contribution is 2.38. The Labute approximate surface area is 199 Å². The van der Waals surface area contributed by atoms with E-state index in [0.717, 1.165) is 22.4 Å². The zero-order valence-electron chi connectivity index (χ0n) is 18.9. The van der Waals surface area contributed by atoms with Crippen LogP contribution in [-0.2, 0) is 21.9 Å². The van der Waals surface area contributed by atoms with Crippen molar-refractivity contribution < 1.29 is 14.3 Å². The summed E-state index contributed by atoms with van der Waals surface area (Å²) >= 11 is 1.42. The second-order valence-corrected chi connectivity index (χ2v) is 9.38. The third-order valence-electron chi connectivity index (χ3n) is 5.26. The molecule has 0 bridgehead atoms. The minimum Gasteiger partial charge on any atom is -0.493 e. The first-order valence-corrected chi connectivity index (χ1v) is 12.1. The Kier molecular flexibility index (Phi) is 7.30. The second kappa shape index (κ2) is 10.5. The van der Waals surface area contributed by atoms with Crippen LogP contribution in [0.15, 0.2) is 89.8 Å².